The summed E-state index contributed by atoms with van der Waals surface area (Å²) in [6.45, 7) is 0. The molecule has 1 N–H and O–H groups in total. The van der Waals surface area contributed by atoms with Gasteiger partial charge in [-0.1, -0.05) is 48.5 Å². The molecule has 0 fully saturated rings. The van der Waals surface area contributed by atoms with Crippen molar-refractivity contribution >= 4 is 10.9 Å². The molecule has 4 aromatic rings. The van der Waals surface area contributed by atoms with Gasteiger partial charge in [-0.25, -0.2) is 0 Å². The summed E-state index contributed by atoms with van der Waals surface area (Å²) in [6.07, 6.45) is 0.930. The predicted molar refractivity (Wildman–Crippen MR) is 89.8 cm³/mol. The van der Waals surface area contributed by atoms with E-state index in [1.165, 1.54) is 27.8 Å². The molecule has 1 aliphatic rings. The van der Waals surface area contributed by atoms with Gasteiger partial charge in [0.25, 0.3) is 0 Å². The van der Waals surface area contributed by atoms with E-state index in [-0.39, 0.29) is 0 Å². The molecule has 0 atom stereocenters. The van der Waals surface area contributed by atoms with Gasteiger partial charge in [-0.05, 0) is 29.3 Å². The van der Waals surface area contributed by atoms with Crippen molar-refractivity contribution in [2.45, 2.75) is 6.42 Å². The second-order valence-electron chi connectivity index (χ2n) is 5.79. The Morgan fingerprint density at radius 1 is 0.818 bits per heavy atom. The predicted octanol–water partition coefficient (Wildman–Crippen LogP) is 4.80. The first-order chi connectivity index (χ1) is 10.9. The average Bonchev–Trinajstić information content (AvgIpc) is 3.15. The summed E-state index contributed by atoms with van der Waals surface area (Å²) in [7, 11) is 0. The van der Waals surface area contributed by atoms with Crippen LogP contribution in [0.25, 0.3) is 33.4 Å². The van der Waals surface area contributed by atoms with Crippen LogP contribution in [-0.2, 0) is 6.42 Å². The Bertz CT molecular complexity index is 978. The van der Waals surface area contributed by atoms with Crippen LogP contribution in [0.2, 0.25) is 0 Å². The topological polar surface area (TPSA) is 28.7 Å². The summed E-state index contributed by atoms with van der Waals surface area (Å²) in [6, 6.07) is 23.4. The number of nitrogens with zero attached hydrogens (tertiary/aromatic N) is 1. The van der Waals surface area contributed by atoms with Gasteiger partial charge in [0.1, 0.15) is 0 Å². The smallest absolute Gasteiger partial charge is 0.0868 e. The van der Waals surface area contributed by atoms with Crippen molar-refractivity contribution in [2.24, 2.45) is 0 Å². The Labute approximate surface area is 128 Å². The fourth-order valence-electron chi connectivity index (χ4n) is 3.36. The second-order valence-corrected chi connectivity index (χ2v) is 5.79. The number of H-pyrrole nitrogens is 1. The normalized spacial score (nSPS) is 12.4. The number of hydrogen-bond donors (Lipinski definition) is 1. The van der Waals surface area contributed by atoms with Crippen LogP contribution in [0.5, 0.6) is 0 Å². The molecule has 5 rings (SSSR count). The van der Waals surface area contributed by atoms with Crippen LogP contribution in [0.15, 0.2) is 66.7 Å². The van der Waals surface area contributed by atoms with Crippen molar-refractivity contribution in [1.29, 1.82) is 0 Å². The molecule has 0 saturated heterocycles. The third kappa shape index (κ3) is 1.64. The quantitative estimate of drug-likeness (QED) is 0.470. The fourth-order valence-corrected chi connectivity index (χ4v) is 3.36. The third-order valence-corrected chi connectivity index (χ3v) is 4.45. The maximum atomic E-state index is 4.90. The Kier molecular flexibility index (Phi) is 2.30. The monoisotopic (exact) mass is 282 g/mol. The molecule has 104 valence electrons. The maximum Gasteiger partial charge on any atom is 0.0868 e. The molecule has 0 unspecified atom stereocenters. The van der Waals surface area contributed by atoms with Crippen LogP contribution in [0.3, 0.4) is 0 Å². The number of pyridine rings is 1. The standard InChI is InChI=1S/C20H14N2/c1-3-7-15-13(5-1)11-19-16(15)9-10-18(22-19)20-12-14-6-2-4-8-17(14)21-20/h1-10,12,21H,11H2. The first-order valence-electron chi connectivity index (χ1n) is 7.55. The largest absolute Gasteiger partial charge is 0.353 e. The molecular weight excluding hydrogens is 268 g/mol. The number of fused-ring (bicyclic) bond motifs is 4. The molecular formula is C20H14N2. The van der Waals surface area contributed by atoms with Gasteiger partial charge in [0.05, 0.1) is 17.1 Å². The molecule has 0 amide bonds. The minimum absolute atomic E-state index is 0.930. The summed E-state index contributed by atoms with van der Waals surface area (Å²) in [5, 5.41) is 1.23. The van der Waals surface area contributed by atoms with Gasteiger partial charge >= 0.3 is 0 Å². The van der Waals surface area contributed by atoms with Gasteiger partial charge in [0.15, 0.2) is 0 Å². The number of nitrogens with one attached hydrogen (secondary N) is 1. The zero-order chi connectivity index (χ0) is 14.5. The van der Waals surface area contributed by atoms with Crippen LogP contribution in [0.1, 0.15) is 11.3 Å². The van der Waals surface area contributed by atoms with Crippen molar-refractivity contribution < 1.29 is 0 Å². The molecule has 22 heavy (non-hydrogen) atoms. The number of benzene rings is 2. The minimum Gasteiger partial charge on any atom is -0.353 e. The number of aromatic amines is 1. The van der Waals surface area contributed by atoms with Crippen molar-refractivity contribution in [2.75, 3.05) is 0 Å². The highest BCUT2D eigenvalue weighted by Crippen LogP contribution is 2.36. The van der Waals surface area contributed by atoms with Crippen LogP contribution >= 0.6 is 0 Å². The maximum absolute atomic E-state index is 4.90. The summed E-state index contributed by atoms with van der Waals surface area (Å²) in [5.41, 5.74) is 8.41. The highest BCUT2D eigenvalue weighted by atomic mass is 14.8. The number of rotatable bonds is 1. The minimum atomic E-state index is 0.930. The molecule has 2 aromatic carbocycles. The van der Waals surface area contributed by atoms with E-state index >= 15 is 0 Å². The van der Waals surface area contributed by atoms with E-state index < -0.39 is 0 Å². The number of aromatic nitrogens is 2. The molecule has 0 saturated carbocycles. The average molecular weight is 282 g/mol. The van der Waals surface area contributed by atoms with Crippen molar-refractivity contribution in [1.82, 2.24) is 9.97 Å². The van der Waals surface area contributed by atoms with Crippen molar-refractivity contribution in [3.05, 3.63) is 78.0 Å². The lowest BCUT2D eigenvalue weighted by Gasteiger charge is -2.03. The van der Waals surface area contributed by atoms with Gasteiger partial charge < -0.3 is 4.98 Å². The SMILES string of the molecule is c1ccc2c(c1)Cc1nc(-c3cc4ccccc4[nH]3)ccc1-2. The lowest BCUT2D eigenvalue weighted by molar-refractivity contribution is 1.12. The fraction of sp³-hybridized carbons (Fsp3) is 0.0500. The van der Waals surface area contributed by atoms with Crippen LogP contribution in [0.4, 0.5) is 0 Å². The Hall–Kier alpha value is -2.87. The van der Waals surface area contributed by atoms with Gasteiger partial charge in [0, 0.05) is 22.9 Å². The van der Waals surface area contributed by atoms with E-state index in [4.69, 9.17) is 4.98 Å². The molecule has 0 radical (unpaired) electrons. The Balaban J connectivity index is 1.64. The summed E-state index contributed by atoms with van der Waals surface area (Å²) in [5.74, 6) is 0. The van der Waals surface area contributed by atoms with E-state index in [9.17, 15) is 0 Å². The van der Waals surface area contributed by atoms with Crippen molar-refractivity contribution in [3.8, 4) is 22.5 Å². The number of hydrogen-bond acceptors (Lipinski definition) is 1. The number of para-hydroxylation sites is 1. The van der Waals surface area contributed by atoms with E-state index in [2.05, 4.69) is 71.7 Å². The van der Waals surface area contributed by atoms with E-state index in [1.807, 2.05) is 0 Å². The van der Waals surface area contributed by atoms with Crippen LogP contribution < -0.4 is 0 Å². The Morgan fingerprint density at radius 3 is 2.64 bits per heavy atom. The zero-order valence-corrected chi connectivity index (χ0v) is 12.0. The molecule has 0 spiro atoms. The summed E-state index contributed by atoms with van der Waals surface area (Å²) >= 11 is 0. The molecule has 2 nitrogen and oxygen atoms in total. The van der Waals surface area contributed by atoms with E-state index in [0.29, 0.717) is 0 Å². The van der Waals surface area contributed by atoms with Gasteiger partial charge in [-0.15, -0.1) is 0 Å². The van der Waals surface area contributed by atoms with Gasteiger partial charge in [-0.3, -0.25) is 4.98 Å². The summed E-state index contributed by atoms with van der Waals surface area (Å²) < 4.78 is 0. The third-order valence-electron chi connectivity index (χ3n) is 4.45. The second kappa shape index (κ2) is 4.31. The molecule has 2 heteroatoms. The molecule has 0 aliphatic heterocycles. The van der Waals surface area contributed by atoms with E-state index in [1.54, 1.807) is 0 Å². The lowest BCUT2D eigenvalue weighted by atomic mass is 10.1. The highest BCUT2D eigenvalue weighted by Gasteiger charge is 2.19. The molecule has 1 aliphatic carbocycles. The molecule has 2 heterocycles. The first kappa shape index (κ1) is 11.8. The molecule has 2 aromatic heterocycles. The summed E-state index contributed by atoms with van der Waals surface area (Å²) in [4.78, 5) is 8.36. The first-order valence-corrected chi connectivity index (χ1v) is 7.55. The van der Waals surface area contributed by atoms with Crippen molar-refractivity contribution in [3.63, 3.8) is 0 Å². The van der Waals surface area contributed by atoms with Gasteiger partial charge in [-0.2, -0.15) is 0 Å². The Morgan fingerprint density at radius 2 is 1.68 bits per heavy atom. The molecule has 0 bridgehead atoms. The van der Waals surface area contributed by atoms with Gasteiger partial charge in [0.2, 0.25) is 0 Å². The highest BCUT2D eigenvalue weighted by molar-refractivity contribution is 5.85. The van der Waals surface area contributed by atoms with Crippen LogP contribution in [-0.4, -0.2) is 9.97 Å². The zero-order valence-electron chi connectivity index (χ0n) is 12.0. The van der Waals surface area contributed by atoms with E-state index in [0.717, 1.165) is 23.3 Å². The van der Waals surface area contributed by atoms with Crippen LogP contribution in [0, 0.1) is 0 Å². The lowest BCUT2D eigenvalue weighted by Crippen LogP contribution is -1.90.